The number of hydrogen-bond donors (Lipinski definition) is 1. The van der Waals surface area contributed by atoms with Gasteiger partial charge in [-0.15, -0.1) is 0 Å². The van der Waals surface area contributed by atoms with E-state index in [4.69, 9.17) is 0 Å². The number of piperidine rings is 1. The Balaban J connectivity index is 1.70. The third-order valence-corrected chi connectivity index (χ3v) is 4.67. The monoisotopic (exact) mass is 372 g/mol. The number of benzene rings is 1. The molecule has 1 aromatic carbocycles. The molecule has 0 bridgehead atoms. The van der Waals surface area contributed by atoms with Gasteiger partial charge in [-0.1, -0.05) is 12.0 Å². The van der Waals surface area contributed by atoms with Crippen molar-refractivity contribution in [1.82, 2.24) is 19.7 Å². The Morgan fingerprint density at radius 1 is 1.14 bits per heavy atom. The lowest BCUT2D eigenvalue weighted by molar-refractivity contribution is 0.0473. The van der Waals surface area contributed by atoms with E-state index in [1.165, 1.54) is 0 Å². The topological polar surface area (TPSA) is 71.2 Å². The van der Waals surface area contributed by atoms with Gasteiger partial charge in [-0.05, 0) is 55.2 Å². The van der Waals surface area contributed by atoms with Crippen molar-refractivity contribution in [3.05, 3.63) is 77.9 Å². The second-order valence-electron chi connectivity index (χ2n) is 6.69. The number of amides is 1. The normalized spacial score (nSPS) is 16.3. The van der Waals surface area contributed by atoms with Gasteiger partial charge < -0.3 is 10.0 Å². The van der Waals surface area contributed by atoms with Gasteiger partial charge in [-0.2, -0.15) is 5.10 Å². The first-order valence-electron chi connectivity index (χ1n) is 9.25. The van der Waals surface area contributed by atoms with Gasteiger partial charge in [0.2, 0.25) is 0 Å². The average Bonchev–Trinajstić information content (AvgIpc) is 3.27. The molecule has 0 radical (unpaired) electrons. The maximum absolute atomic E-state index is 12.9. The minimum absolute atomic E-state index is 0.0911. The number of nitrogens with zero attached hydrogens (tertiary/aromatic N) is 4. The van der Waals surface area contributed by atoms with E-state index in [1.807, 2.05) is 36.5 Å². The second kappa shape index (κ2) is 8.07. The third-order valence-electron chi connectivity index (χ3n) is 4.67. The largest absolute Gasteiger partial charge is 0.391 e. The quantitative estimate of drug-likeness (QED) is 0.701. The van der Waals surface area contributed by atoms with Crippen LogP contribution in [-0.2, 0) is 0 Å². The average molecular weight is 372 g/mol. The van der Waals surface area contributed by atoms with E-state index < -0.39 is 6.10 Å². The van der Waals surface area contributed by atoms with Crippen molar-refractivity contribution in [2.75, 3.05) is 13.1 Å². The SMILES string of the molecule is O=C(c1ccc(-n2cccn2)c(C#Cc2ccccn2)c1)N1CCC[C@H](O)C1. The number of likely N-dealkylation sites (tertiary alicyclic amines) is 1. The van der Waals surface area contributed by atoms with Crippen LogP contribution in [0.5, 0.6) is 0 Å². The first-order valence-corrected chi connectivity index (χ1v) is 9.25. The molecule has 140 valence electrons. The zero-order chi connectivity index (χ0) is 19.3. The van der Waals surface area contributed by atoms with Gasteiger partial charge in [-0.3, -0.25) is 4.79 Å². The number of aromatic nitrogens is 3. The molecule has 6 nitrogen and oxygen atoms in total. The molecule has 0 unspecified atom stereocenters. The number of aliphatic hydroxyl groups excluding tert-OH is 1. The number of carbonyl (C=O) groups is 1. The van der Waals surface area contributed by atoms with E-state index >= 15 is 0 Å². The van der Waals surface area contributed by atoms with Crippen LogP contribution in [0.25, 0.3) is 5.69 Å². The highest BCUT2D eigenvalue weighted by Crippen LogP contribution is 2.19. The minimum atomic E-state index is -0.454. The summed E-state index contributed by atoms with van der Waals surface area (Å²) in [6.07, 6.45) is 6.32. The Morgan fingerprint density at radius 3 is 2.82 bits per heavy atom. The van der Waals surface area contributed by atoms with E-state index in [2.05, 4.69) is 21.9 Å². The smallest absolute Gasteiger partial charge is 0.253 e. The highest BCUT2D eigenvalue weighted by Gasteiger charge is 2.23. The van der Waals surface area contributed by atoms with Gasteiger partial charge in [0.05, 0.1) is 17.4 Å². The van der Waals surface area contributed by atoms with Gasteiger partial charge in [0.1, 0.15) is 5.69 Å². The minimum Gasteiger partial charge on any atom is -0.391 e. The van der Waals surface area contributed by atoms with Crippen LogP contribution >= 0.6 is 0 Å². The van der Waals surface area contributed by atoms with E-state index in [9.17, 15) is 9.90 Å². The molecule has 0 aliphatic carbocycles. The van der Waals surface area contributed by atoms with Gasteiger partial charge in [0.15, 0.2) is 0 Å². The lowest BCUT2D eigenvalue weighted by atomic mass is 10.0. The van der Waals surface area contributed by atoms with E-state index in [-0.39, 0.29) is 5.91 Å². The molecule has 0 spiro atoms. The number of pyridine rings is 1. The van der Waals surface area contributed by atoms with Gasteiger partial charge in [0, 0.05) is 37.2 Å². The first-order chi connectivity index (χ1) is 13.7. The van der Waals surface area contributed by atoms with Crippen LogP contribution in [0.15, 0.2) is 61.1 Å². The number of rotatable bonds is 2. The Kier molecular flexibility index (Phi) is 5.18. The van der Waals surface area contributed by atoms with Crippen LogP contribution in [0.3, 0.4) is 0 Å². The standard InChI is InChI=1S/C22H20N4O2/c27-20-6-3-13-25(16-20)22(28)18-8-10-21(26-14-4-12-24-26)17(15-18)7-9-19-5-1-2-11-23-19/h1-2,4-5,8,10-12,14-15,20,27H,3,6,13,16H2/t20-/m0/s1. The van der Waals surface area contributed by atoms with Crippen molar-refractivity contribution < 1.29 is 9.90 Å². The van der Waals surface area contributed by atoms with Crippen molar-refractivity contribution >= 4 is 5.91 Å². The summed E-state index contributed by atoms with van der Waals surface area (Å²) in [6.45, 7) is 1.03. The molecule has 1 fully saturated rings. The summed E-state index contributed by atoms with van der Waals surface area (Å²) in [5.74, 6) is 6.09. The van der Waals surface area contributed by atoms with Crippen LogP contribution in [0.1, 0.15) is 34.5 Å². The van der Waals surface area contributed by atoms with Crippen molar-refractivity contribution in [3.8, 4) is 17.5 Å². The highest BCUT2D eigenvalue weighted by molar-refractivity contribution is 5.95. The highest BCUT2D eigenvalue weighted by atomic mass is 16.3. The van der Waals surface area contributed by atoms with Crippen LogP contribution in [0.4, 0.5) is 0 Å². The maximum atomic E-state index is 12.9. The zero-order valence-electron chi connectivity index (χ0n) is 15.3. The molecule has 1 atom stereocenters. The van der Waals surface area contributed by atoms with E-state index in [1.54, 1.807) is 34.1 Å². The maximum Gasteiger partial charge on any atom is 0.253 e. The predicted octanol–water partition coefficient (Wildman–Crippen LogP) is 2.26. The van der Waals surface area contributed by atoms with Gasteiger partial charge >= 0.3 is 0 Å². The van der Waals surface area contributed by atoms with Crippen molar-refractivity contribution in [2.24, 2.45) is 0 Å². The Bertz CT molecular complexity index is 1020. The molecule has 6 heteroatoms. The molecule has 1 amide bonds. The van der Waals surface area contributed by atoms with E-state index in [0.717, 1.165) is 18.5 Å². The van der Waals surface area contributed by atoms with Crippen LogP contribution in [-0.4, -0.2) is 49.9 Å². The molecule has 1 saturated heterocycles. The Hall–Kier alpha value is -3.43. The predicted molar refractivity (Wildman–Crippen MR) is 105 cm³/mol. The van der Waals surface area contributed by atoms with Crippen LogP contribution in [0.2, 0.25) is 0 Å². The molecule has 1 N–H and O–H groups in total. The second-order valence-corrected chi connectivity index (χ2v) is 6.69. The number of aliphatic hydroxyl groups is 1. The molecular formula is C22H20N4O2. The fraction of sp³-hybridized carbons (Fsp3) is 0.227. The first kappa shape index (κ1) is 18.0. The zero-order valence-corrected chi connectivity index (χ0v) is 15.3. The summed E-state index contributed by atoms with van der Waals surface area (Å²) in [6, 6.07) is 12.8. The van der Waals surface area contributed by atoms with Crippen molar-refractivity contribution in [2.45, 2.75) is 18.9 Å². The molecule has 28 heavy (non-hydrogen) atoms. The number of carbonyl (C=O) groups excluding carboxylic acids is 1. The van der Waals surface area contributed by atoms with Crippen LogP contribution in [0, 0.1) is 11.8 Å². The summed E-state index contributed by atoms with van der Waals surface area (Å²) >= 11 is 0. The fourth-order valence-electron chi connectivity index (χ4n) is 3.27. The summed E-state index contributed by atoms with van der Waals surface area (Å²) in [5, 5.41) is 14.2. The summed E-state index contributed by atoms with van der Waals surface area (Å²) in [4.78, 5) is 18.8. The Morgan fingerprint density at radius 2 is 2.07 bits per heavy atom. The summed E-state index contributed by atoms with van der Waals surface area (Å²) in [5.41, 5.74) is 2.70. The van der Waals surface area contributed by atoms with Gasteiger partial charge in [-0.25, -0.2) is 9.67 Å². The van der Waals surface area contributed by atoms with E-state index in [0.29, 0.717) is 29.9 Å². The van der Waals surface area contributed by atoms with Crippen LogP contribution < -0.4 is 0 Å². The summed E-state index contributed by atoms with van der Waals surface area (Å²) < 4.78 is 1.72. The number of β-amino-alcohol motifs (C(OH)–C–C–N with tert-alkyl or cyclic N) is 1. The third kappa shape index (κ3) is 3.95. The fourth-order valence-corrected chi connectivity index (χ4v) is 3.27. The Labute approximate surface area is 163 Å². The number of hydrogen-bond acceptors (Lipinski definition) is 4. The molecule has 3 heterocycles. The molecule has 1 aliphatic heterocycles. The summed E-state index contributed by atoms with van der Waals surface area (Å²) in [7, 11) is 0. The lowest BCUT2D eigenvalue weighted by Gasteiger charge is -2.30. The molecule has 2 aromatic heterocycles. The van der Waals surface area contributed by atoms with Crippen molar-refractivity contribution in [1.29, 1.82) is 0 Å². The molecule has 4 rings (SSSR count). The lowest BCUT2D eigenvalue weighted by Crippen LogP contribution is -2.42. The van der Waals surface area contributed by atoms with Crippen molar-refractivity contribution in [3.63, 3.8) is 0 Å². The molecular weight excluding hydrogens is 352 g/mol. The van der Waals surface area contributed by atoms with Gasteiger partial charge in [0.25, 0.3) is 5.91 Å². The molecule has 0 saturated carbocycles. The molecule has 1 aliphatic rings. The molecule has 3 aromatic rings.